The number of nitrogens with one attached hydrogen (secondary N) is 5. The molecule has 2 aromatic heterocycles. The van der Waals surface area contributed by atoms with E-state index in [0.29, 0.717) is 0 Å². The minimum atomic E-state index is 0.0635. The Balaban J connectivity index is 1.02. The van der Waals surface area contributed by atoms with Gasteiger partial charge < -0.3 is 15.9 Å². The van der Waals surface area contributed by atoms with Crippen molar-refractivity contribution in [2.75, 3.05) is 13.1 Å². The number of H-pyrrole nitrogens is 2. The van der Waals surface area contributed by atoms with Gasteiger partial charge in [0.15, 0.2) is 11.6 Å². The number of benzene rings is 2. The minimum absolute atomic E-state index is 0.0635. The lowest BCUT2D eigenvalue weighted by molar-refractivity contribution is 0.575. The molecule has 0 aliphatic carbocycles. The summed E-state index contributed by atoms with van der Waals surface area (Å²) in [6.07, 6.45) is 6.44. The molecular weight excluding hydrogens is 462 g/mol. The molecule has 5 heterocycles. The zero-order chi connectivity index (χ0) is 25.5. The van der Waals surface area contributed by atoms with E-state index in [-0.39, 0.29) is 24.2 Å². The van der Waals surface area contributed by atoms with Crippen LogP contribution in [0.2, 0.25) is 1.41 Å². The number of aromatic amines is 2. The summed E-state index contributed by atoms with van der Waals surface area (Å²) in [5.41, 5.74) is 4.30. The van der Waals surface area contributed by atoms with Crippen molar-refractivity contribution in [1.29, 1.82) is 0 Å². The van der Waals surface area contributed by atoms with Crippen LogP contribution >= 0.6 is 0 Å². The maximum Gasteiger partial charge on any atom is 0.181 e. The number of rotatable bonds is 6. The molecule has 3 aliphatic heterocycles. The highest BCUT2D eigenvalue weighted by Gasteiger charge is 2.27. The maximum atomic E-state index is 8.91. The standard InChI is InChI=1S/C28H33N9/c1-3-23(29-15-1)27-32-25(34-36-27)19-9-5-17(6-10-19)21-13-14-22(31-21)18-7-11-20(12-8-18)26-33-28(37-35-26)24-4-2-16-30-24/h5-12,21-24,29-31H,1-4,13-16H2,(H,32,34,36)(H,33,35,37)/i/hD. The van der Waals surface area contributed by atoms with Crippen LogP contribution in [0.15, 0.2) is 48.5 Å². The van der Waals surface area contributed by atoms with E-state index >= 15 is 0 Å². The van der Waals surface area contributed by atoms with Gasteiger partial charge in [-0.15, -0.1) is 0 Å². The first-order chi connectivity index (χ1) is 18.7. The largest absolute Gasteiger partial charge is 0.307 e. The fourth-order valence-corrected chi connectivity index (χ4v) is 5.85. The van der Waals surface area contributed by atoms with Gasteiger partial charge in [-0.05, 0) is 62.7 Å². The third-order valence-corrected chi connectivity index (χ3v) is 7.97. The van der Waals surface area contributed by atoms with E-state index in [0.717, 1.165) is 84.3 Å². The predicted molar refractivity (Wildman–Crippen MR) is 141 cm³/mol. The van der Waals surface area contributed by atoms with Crippen molar-refractivity contribution < 1.29 is 1.41 Å². The van der Waals surface area contributed by atoms with Crippen LogP contribution in [-0.4, -0.2) is 43.5 Å². The quantitative estimate of drug-likeness (QED) is 0.270. The summed E-state index contributed by atoms with van der Waals surface area (Å²) in [5, 5.41) is 23.8. The van der Waals surface area contributed by atoms with Gasteiger partial charge in [-0.25, -0.2) is 9.97 Å². The molecule has 3 aliphatic rings. The first-order valence-electron chi connectivity index (χ1n) is 14.0. The molecule has 7 rings (SSSR count). The summed E-state index contributed by atoms with van der Waals surface area (Å²) in [6.45, 7) is 2.07. The molecular formula is C28H33N9. The van der Waals surface area contributed by atoms with E-state index in [1.165, 1.54) is 12.8 Å². The molecule has 4 atom stereocenters. The molecule has 0 spiro atoms. The molecule has 4 aromatic rings. The van der Waals surface area contributed by atoms with Crippen molar-refractivity contribution in [3.8, 4) is 22.8 Å². The van der Waals surface area contributed by atoms with E-state index < -0.39 is 0 Å². The third-order valence-electron chi connectivity index (χ3n) is 7.97. The van der Waals surface area contributed by atoms with Crippen molar-refractivity contribution in [2.24, 2.45) is 0 Å². The Bertz CT molecular complexity index is 1260. The van der Waals surface area contributed by atoms with Crippen LogP contribution in [0, 0.1) is 0 Å². The van der Waals surface area contributed by atoms with E-state index in [1.807, 2.05) is 0 Å². The van der Waals surface area contributed by atoms with Gasteiger partial charge in [0, 0.05) is 23.2 Å². The molecule has 0 saturated carbocycles. The van der Waals surface area contributed by atoms with E-state index in [2.05, 4.69) is 79.6 Å². The van der Waals surface area contributed by atoms with E-state index in [1.54, 1.807) is 5.31 Å². The summed E-state index contributed by atoms with van der Waals surface area (Å²) < 4.78 is 8.91. The first-order valence-corrected chi connectivity index (χ1v) is 13.5. The molecule has 4 unspecified atom stereocenters. The zero-order valence-corrected chi connectivity index (χ0v) is 20.8. The van der Waals surface area contributed by atoms with Crippen molar-refractivity contribution >= 4 is 0 Å². The van der Waals surface area contributed by atoms with Crippen molar-refractivity contribution in [2.45, 2.75) is 62.7 Å². The molecule has 0 radical (unpaired) electrons. The zero-order valence-electron chi connectivity index (χ0n) is 21.8. The highest BCUT2D eigenvalue weighted by atomic mass is 15.2. The normalized spacial score (nSPS) is 26.6. The van der Waals surface area contributed by atoms with Gasteiger partial charge in [0.2, 0.25) is 0 Å². The van der Waals surface area contributed by atoms with Crippen LogP contribution in [0.5, 0.6) is 0 Å². The Morgan fingerprint density at radius 2 is 1.05 bits per heavy atom. The van der Waals surface area contributed by atoms with Gasteiger partial charge in [-0.1, -0.05) is 48.5 Å². The predicted octanol–water partition coefficient (Wildman–Crippen LogP) is 4.27. The lowest BCUT2D eigenvalue weighted by Crippen LogP contribution is -2.17. The Hall–Kier alpha value is -3.40. The van der Waals surface area contributed by atoms with Crippen molar-refractivity contribution in [3.05, 3.63) is 71.3 Å². The van der Waals surface area contributed by atoms with Crippen LogP contribution in [0.1, 0.15) is 85.5 Å². The second-order valence-corrected chi connectivity index (χ2v) is 10.4. The highest BCUT2D eigenvalue weighted by molar-refractivity contribution is 5.56. The third kappa shape index (κ3) is 4.58. The molecule has 5 N–H and O–H groups in total. The number of nitrogens with zero attached hydrogens (tertiary/aromatic N) is 4. The summed E-state index contributed by atoms with van der Waals surface area (Å²) >= 11 is 0. The maximum absolute atomic E-state index is 8.91. The molecule has 9 heteroatoms. The number of hydrogen-bond donors (Lipinski definition) is 5. The molecule has 3 fully saturated rings. The lowest BCUT2D eigenvalue weighted by Gasteiger charge is -2.15. The lowest BCUT2D eigenvalue weighted by atomic mass is 10.0. The summed E-state index contributed by atoms with van der Waals surface area (Å²) in [7, 11) is 0. The van der Waals surface area contributed by atoms with Crippen LogP contribution in [0.4, 0.5) is 0 Å². The van der Waals surface area contributed by atoms with Gasteiger partial charge in [0.1, 0.15) is 13.1 Å². The Kier molecular flexibility index (Phi) is 5.74. The van der Waals surface area contributed by atoms with Crippen molar-refractivity contribution in [3.63, 3.8) is 0 Å². The Morgan fingerprint density at radius 3 is 1.46 bits per heavy atom. The average molecular weight is 497 g/mol. The van der Waals surface area contributed by atoms with Gasteiger partial charge in [0.05, 0.1) is 12.1 Å². The SMILES string of the molecule is [2H]N1C(c2ccc(-c3n[nH]c(C4CCCN4)n3)cc2)CCC1c1ccc(-c2n[nH]c(C3CCCN3)n2)cc1. The highest BCUT2D eigenvalue weighted by Crippen LogP contribution is 2.35. The molecule has 9 nitrogen and oxygen atoms in total. The van der Waals surface area contributed by atoms with Crippen molar-refractivity contribution in [1.82, 2.24) is 46.3 Å². The topological polar surface area (TPSA) is 119 Å². The van der Waals surface area contributed by atoms with Crippen LogP contribution in [0.25, 0.3) is 22.8 Å². The second kappa shape index (κ2) is 9.81. The molecule has 190 valence electrons. The molecule has 2 aromatic carbocycles. The van der Waals surface area contributed by atoms with Crippen LogP contribution < -0.4 is 15.9 Å². The van der Waals surface area contributed by atoms with Gasteiger partial charge >= 0.3 is 0 Å². The Morgan fingerprint density at radius 1 is 0.595 bits per heavy atom. The Labute approximate surface area is 217 Å². The second-order valence-electron chi connectivity index (χ2n) is 10.4. The fourth-order valence-electron chi connectivity index (χ4n) is 5.85. The minimum Gasteiger partial charge on any atom is -0.307 e. The summed E-state index contributed by atoms with van der Waals surface area (Å²) in [4.78, 5) is 9.43. The van der Waals surface area contributed by atoms with Gasteiger partial charge in [-0.2, -0.15) is 10.2 Å². The van der Waals surface area contributed by atoms with E-state index in [4.69, 9.17) is 11.4 Å². The summed E-state index contributed by atoms with van der Waals surface area (Å²) in [5.74, 6) is 3.28. The van der Waals surface area contributed by atoms with E-state index in [9.17, 15) is 0 Å². The molecule has 0 amide bonds. The number of aromatic nitrogens is 6. The first kappa shape index (κ1) is 21.7. The van der Waals surface area contributed by atoms with Gasteiger partial charge in [0.25, 0.3) is 0 Å². The van der Waals surface area contributed by atoms with Crippen LogP contribution in [0.3, 0.4) is 0 Å². The van der Waals surface area contributed by atoms with Gasteiger partial charge in [-0.3, -0.25) is 10.2 Å². The molecule has 37 heavy (non-hydrogen) atoms. The number of hydrogen-bond acceptors (Lipinski definition) is 7. The fraction of sp³-hybridized carbons (Fsp3) is 0.429. The monoisotopic (exact) mass is 496 g/mol. The van der Waals surface area contributed by atoms with Crippen LogP contribution in [-0.2, 0) is 0 Å². The molecule has 3 saturated heterocycles. The average Bonchev–Trinajstić information content (AvgIpc) is 3.79. The molecule has 0 bridgehead atoms. The summed E-state index contributed by atoms with van der Waals surface area (Å²) in [6, 6.07) is 17.5. The smallest absolute Gasteiger partial charge is 0.181 e.